The summed E-state index contributed by atoms with van der Waals surface area (Å²) in [6, 6.07) is 15.7. The molecule has 1 heterocycles. The number of hydrogen-bond donors (Lipinski definition) is 4. The number of carbonyl (C=O) groups is 2. The molecular weight excluding hydrogens is 486 g/mol. The molecule has 0 radical (unpaired) electrons. The van der Waals surface area contributed by atoms with Crippen LogP contribution in [0.15, 0.2) is 48.5 Å². The SMILES string of the molecule is CN1CCCN(CC(=O)NN)Cc2ccccc2OCCOc2ccccc2CN(CC(=O)NN)CCC1. The number of hydrazine groups is 2. The maximum atomic E-state index is 12.1. The van der Waals surface area contributed by atoms with Gasteiger partial charge in [-0.05, 0) is 45.1 Å². The smallest absolute Gasteiger partial charge is 0.248 e. The van der Waals surface area contributed by atoms with Crippen LogP contribution in [0.2, 0.25) is 0 Å². The van der Waals surface area contributed by atoms with Crippen LogP contribution in [0.4, 0.5) is 0 Å². The van der Waals surface area contributed by atoms with Crippen molar-refractivity contribution in [3.05, 3.63) is 59.7 Å². The molecule has 0 atom stereocenters. The third-order valence-electron chi connectivity index (χ3n) is 6.42. The van der Waals surface area contributed by atoms with Crippen LogP contribution in [0.1, 0.15) is 24.0 Å². The molecule has 2 aromatic carbocycles. The zero-order chi connectivity index (χ0) is 27.2. The van der Waals surface area contributed by atoms with Crippen molar-refractivity contribution in [3.63, 3.8) is 0 Å². The Morgan fingerprint density at radius 2 is 1.16 bits per heavy atom. The molecule has 0 saturated carbocycles. The van der Waals surface area contributed by atoms with Gasteiger partial charge in [0, 0.05) is 37.3 Å². The van der Waals surface area contributed by atoms with Gasteiger partial charge in [-0.15, -0.1) is 0 Å². The topological polar surface area (TPSA) is 138 Å². The predicted molar refractivity (Wildman–Crippen MR) is 146 cm³/mol. The first-order valence-corrected chi connectivity index (χ1v) is 13.0. The Labute approximate surface area is 225 Å². The Morgan fingerprint density at radius 1 is 0.737 bits per heavy atom. The van der Waals surface area contributed by atoms with Crippen molar-refractivity contribution in [1.29, 1.82) is 0 Å². The van der Waals surface area contributed by atoms with E-state index < -0.39 is 0 Å². The van der Waals surface area contributed by atoms with E-state index in [-0.39, 0.29) is 24.9 Å². The van der Waals surface area contributed by atoms with Crippen molar-refractivity contribution in [2.75, 3.05) is 59.5 Å². The molecule has 38 heavy (non-hydrogen) atoms. The molecule has 2 aromatic rings. The molecule has 0 unspecified atom stereocenters. The van der Waals surface area contributed by atoms with Crippen LogP contribution >= 0.6 is 0 Å². The van der Waals surface area contributed by atoms with Crippen LogP contribution in [0.25, 0.3) is 0 Å². The molecule has 3 rings (SSSR count). The average molecular weight is 528 g/mol. The van der Waals surface area contributed by atoms with Crippen molar-refractivity contribution < 1.29 is 19.1 Å². The van der Waals surface area contributed by atoms with Crippen molar-refractivity contribution in [2.24, 2.45) is 11.7 Å². The maximum absolute atomic E-state index is 12.1. The Kier molecular flexibility index (Phi) is 12.3. The van der Waals surface area contributed by atoms with Gasteiger partial charge in [-0.2, -0.15) is 0 Å². The maximum Gasteiger partial charge on any atom is 0.248 e. The third kappa shape index (κ3) is 9.92. The number of carbonyl (C=O) groups excluding carboxylic acids is 2. The van der Waals surface area contributed by atoms with E-state index in [0.29, 0.717) is 26.3 Å². The highest BCUT2D eigenvalue weighted by Crippen LogP contribution is 2.22. The van der Waals surface area contributed by atoms with E-state index in [1.807, 2.05) is 48.5 Å². The van der Waals surface area contributed by atoms with Gasteiger partial charge in [-0.3, -0.25) is 30.2 Å². The lowest BCUT2D eigenvalue weighted by Crippen LogP contribution is -2.41. The summed E-state index contributed by atoms with van der Waals surface area (Å²) < 4.78 is 12.2. The molecule has 2 amide bonds. The molecule has 1 aliphatic heterocycles. The summed E-state index contributed by atoms with van der Waals surface area (Å²) in [4.78, 5) is 30.6. The molecule has 6 N–H and O–H groups in total. The Morgan fingerprint density at radius 3 is 1.58 bits per heavy atom. The molecule has 0 saturated heterocycles. The van der Waals surface area contributed by atoms with Gasteiger partial charge in [0.2, 0.25) is 11.8 Å². The summed E-state index contributed by atoms with van der Waals surface area (Å²) in [6.45, 7) is 5.46. The molecule has 0 aliphatic carbocycles. The van der Waals surface area contributed by atoms with E-state index in [1.165, 1.54) is 0 Å². The number of nitrogens with zero attached hydrogens (tertiary/aromatic N) is 3. The minimum atomic E-state index is -0.233. The molecule has 0 spiro atoms. The summed E-state index contributed by atoms with van der Waals surface area (Å²) in [5.41, 5.74) is 6.46. The van der Waals surface area contributed by atoms with Gasteiger partial charge in [0.05, 0.1) is 13.1 Å². The number of amides is 2. The summed E-state index contributed by atoms with van der Waals surface area (Å²) in [7, 11) is 2.09. The Balaban J connectivity index is 1.78. The minimum Gasteiger partial charge on any atom is -0.490 e. The average Bonchev–Trinajstić information content (AvgIpc) is 2.92. The molecular formula is C27H41N7O4. The van der Waals surface area contributed by atoms with Crippen LogP contribution < -0.4 is 32.0 Å². The third-order valence-corrected chi connectivity index (χ3v) is 6.42. The number of para-hydroxylation sites is 2. The number of rotatable bonds is 4. The first-order valence-electron chi connectivity index (χ1n) is 13.0. The standard InChI is InChI=1S/C27H41N7O4/c1-32-12-6-14-33(20-26(35)30-28)18-22-8-2-4-10-24(22)37-16-17-38-25-11-5-3-9-23(25)19-34(15-7-13-32)21-27(36)31-29/h2-5,8-11H,6-7,12-21,28-29H2,1H3,(H,30,35)(H,31,36). The van der Waals surface area contributed by atoms with E-state index in [1.54, 1.807) is 0 Å². The number of nitrogens with two attached hydrogens (primary N) is 2. The van der Waals surface area contributed by atoms with Gasteiger partial charge < -0.3 is 14.4 Å². The fraction of sp³-hybridized carbons (Fsp3) is 0.481. The zero-order valence-corrected chi connectivity index (χ0v) is 22.2. The van der Waals surface area contributed by atoms with Crippen LogP contribution in [-0.2, 0) is 22.7 Å². The lowest BCUT2D eigenvalue weighted by molar-refractivity contribution is -0.123. The van der Waals surface area contributed by atoms with E-state index in [4.69, 9.17) is 21.2 Å². The second-order valence-electron chi connectivity index (χ2n) is 9.48. The van der Waals surface area contributed by atoms with Crippen molar-refractivity contribution in [2.45, 2.75) is 25.9 Å². The van der Waals surface area contributed by atoms with Crippen LogP contribution in [0.5, 0.6) is 11.5 Å². The highest BCUT2D eigenvalue weighted by molar-refractivity contribution is 5.77. The van der Waals surface area contributed by atoms with E-state index in [2.05, 4.69) is 32.6 Å². The number of hydrogen-bond acceptors (Lipinski definition) is 9. The second kappa shape index (κ2) is 15.9. The normalized spacial score (nSPS) is 17.3. The quantitative estimate of drug-likeness (QED) is 0.254. The first-order chi connectivity index (χ1) is 18.5. The van der Waals surface area contributed by atoms with E-state index in [9.17, 15) is 9.59 Å². The van der Waals surface area contributed by atoms with Gasteiger partial charge in [0.25, 0.3) is 0 Å². The number of benzene rings is 2. The lowest BCUT2D eigenvalue weighted by Gasteiger charge is -2.25. The highest BCUT2D eigenvalue weighted by Gasteiger charge is 2.16. The number of nitrogens with one attached hydrogen (secondary N) is 2. The molecule has 208 valence electrons. The van der Waals surface area contributed by atoms with Crippen molar-refractivity contribution in [3.8, 4) is 11.5 Å². The molecule has 0 fully saturated rings. The van der Waals surface area contributed by atoms with Crippen molar-refractivity contribution >= 4 is 11.8 Å². The van der Waals surface area contributed by atoms with Crippen LogP contribution in [-0.4, -0.2) is 86.0 Å². The highest BCUT2D eigenvalue weighted by atomic mass is 16.5. The van der Waals surface area contributed by atoms with Gasteiger partial charge in [-0.1, -0.05) is 36.4 Å². The Bertz CT molecular complexity index is 943. The first kappa shape index (κ1) is 29.3. The zero-order valence-electron chi connectivity index (χ0n) is 22.2. The number of ether oxygens (including phenoxy) is 2. The van der Waals surface area contributed by atoms with Gasteiger partial charge in [0.1, 0.15) is 24.7 Å². The van der Waals surface area contributed by atoms with Crippen LogP contribution in [0, 0.1) is 0 Å². The minimum absolute atomic E-state index is 0.201. The monoisotopic (exact) mass is 527 g/mol. The fourth-order valence-electron chi connectivity index (χ4n) is 4.50. The van der Waals surface area contributed by atoms with E-state index in [0.717, 1.165) is 61.6 Å². The van der Waals surface area contributed by atoms with Crippen molar-refractivity contribution in [1.82, 2.24) is 25.6 Å². The van der Waals surface area contributed by atoms with Crippen LogP contribution in [0.3, 0.4) is 0 Å². The molecule has 0 aromatic heterocycles. The summed E-state index contributed by atoms with van der Waals surface area (Å²) in [5.74, 6) is 11.8. The summed E-state index contributed by atoms with van der Waals surface area (Å²) >= 11 is 0. The van der Waals surface area contributed by atoms with Gasteiger partial charge >= 0.3 is 0 Å². The molecule has 11 heteroatoms. The summed E-state index contributed by atoms with van der Waals surface area (Å²) in [5, 5.41) is 0. The number of fused-ring (bicyclic) bond motifs is 2. The fourth-order valence-corrected chi connectivity index (χ4v) is 4.50. The lowest BCUT2D eigenvalue weighted by atomic mass is 10.1. The Hall–Kier alpha value is -3.22. The largest absolute Gasteiger partial charge is 0.490 e. The predicted octanol–water partition coefficient (Wildman–Crippen LogP) is 0.454. The molecule has 1 aliphatic rings. The van der Waals surface area contributed by atoms with Gasteiger partial charge in [0.15, 0.2) is 0 Å². The molecule has 0 bridgehead atoms. The second-order valence-corrected chi connectivity index (χ2v) is 9.48. The van der Waals surface area contributed by atoms with E-state index >= 15 is 0 Å². The summed E-state index contributed by atoms with van der Waals surface area (Å²) in [6.07, 6.45) is 1.77. The van der Waals surface area contributed by atoms with Gasteiger partial charge in [-0.25, -0.2) is 11.7 Å². The molecule has 11 nitrogen and oxygen atoms in total.